The first kappa shape index (κ1) is 13.3. The fraction of sp³-hybridized carbons (Fsp3) is 0.438. The summed E-state index contributed by atoms with van der Waals surface area (Å²) >= 11 is 0. The van der Waals surface area contributed by atoms with Gasteiger partial charge in [0.2, 0.25) is 0 Å². The molecule has 0 saturated carbocycles. The number of halogens is 1. The zero-order valence-corrected chi connectivity index (χ0v) is 11.9. The summed E-state index contributed by atoms with van der Waals surface area (Å²) in [4.78, 5) is 2.32. The van der Waals surface area contributed by atoms with Crippen molar-refractivity contribution in [1.29, 1.82) is 0 Å². The molecule has 0 spiro atoms. The van der Waals surface area contributed by atoms with Gasteiger partial charge in [-0.05, 0) is 39.3 Å². The number of aromatic nitrogens is 1. The Hall–Kier alpha value is -1.68. The fourth-order valence-electron chi connectivity index (χ4n) is 3.15. The minimum atomic E-state index is -0.128. The van der Waals surface area contributed by atoms with Gasteiger partial charge in [-0.2, -0.15) is 0 Å². The molecule has 4 heteroatoms. The Morgan fingerprint density at radius 1 is 1.35 bits per heavy atom. The van der Waals surface area contributed by atoms with Gasteiger partial charge in [-0.25, -0.2) is 4.39 Å². The molecular formula is C16H19FN2O. The molecule has 2 heterocycles. The zero-order valence-electron chi connectivity index (χ0n) is 11.9. The van der Waals surface area contributed by atoms with Gasteiger partial charge in [0.1, 0.15) is 11.6 Å². The van der Waals surface area contributed by atoms with Gasteiger partial charge in [0.05, 0.1) is 5.69 Å². The van der Waals surface area contributed by atoms with Gasteiger partial charge in [-0.3, -0.25) is 4.90 Å². The van der Waals surface area contributed by atoms with E-state index in [0.717, 1.165) is 36.4 Å². The minimum Gasteiger partial charge on any atom is -0.361 e. The van der Waals surface area contributed by atoms with Gasteiger partial charge < -0.3 is 4.52 Å². The average molecular weight is 274 g/mol. The second kappa shape index (κ2) is 5.37. The third kappa shape index (κ3) is 2.36. The van der Waals surface area contributed by atoms with Crippen molar-refractivity contribution in [3.63, 3.8) is 0 Å². The van der Waals surface area contributed by atoms with Gasteiger partial charge in [-0.15, -0.1) is 0 Å². The molecule has 0 N–H and O–H groups in total. The van der Waals surface area contributed by atoms with Crippen molar-refractivity contribution < 1.29 is 8.91 Å². The highest BCUT2D eigenvalue weighted by atomic mass is 19.1. The van der Waals surface area contributed by atoms with E-state index in [0.29, 0.717) is 12.6 Å². The summed E-state index contributed by atoms with van der Waals surface area (Å²) in [5.41, 5.74) is 2.89. The quantitative estimate of drug-likeness (QED) is 0.853. The topological polar surface area (TPSA) is 29.3 Å². The van der Waals surface area contributed by atoms with Crippen LogP contribution in [-0.4, -0.2) is 16.6 Å². The first-order valence-electron chi connectivity index (χ1n) is 7.07. The molecule has 2 aromatic rings. The Bertz CT molecular complexity index is 589. The molecule has 1 aliphatic heterocycles. The molecule has 1 aromatic heterocycles. The number of hydrogen-bond acceptors (Lipinski definition) is 3. The smallest absolute Gasteiger partial charge is 0.138 e. The van der Waals surface area contributed by atoms with E-state index in [1.54, 1.807) is 6.07 Å². The molecule has 3 rings (SSSR count). The Balaban J connectivity index is 1.85. The number of benzene rings is 1. The standard InChI is InChI=1S/C16H19FN2O/c1-11-16(12(2)20-18-11)15-8-5-9-19(15)10-13-6-3-4-7-14(13)17/h3-4,6-7,15H,5,8-10H2,1-2H3. The first-order valence-corrected chi connectivity index (χ1v) is 7.07. The van der Waals surface area contributed by atoms with Crippen LogP contribution < -0.4 is 0 Å². The maximum Gasteiger partial charge on any atom is 0.138 e. The second-order valence-electron chi connectivity index (χ2n) is 5.46. The lowest BCUT2D eigenvalue weighted by atomic mass is 10.0. The molecule has 20 heavy (non-hydrogen) atoms. The SMILES string of the molecule is Cc1noc(C)c1C1CCCN1Cc1ccccc1F. The van der Waals surface area contributed by atoms with Crippen LogP contribution in [-0.2, 0) is 6.54 Å². The van der Waals surface area contributed by atoms with E-state index in [4.69, 9.17) is 4.52 Å². The summed E-state index contributed by atoms with van der Waals surface area (Å²) in [6.45, 7) is 5.56. The maximum absolute atomic E-state index is 13.8. The molecule has 1 unspecified atom stereocenters. The molecule has 1 aromatic carbocycles. The Morgan fingerprint density at radius 3 is 2.85 bits per heavy atom. The normalized spacial score (nSPS) is 19.6. The van der Waals surface area contributed by atoms with Crippen LogP contribution in [0.1, 0.15) is 41.5 Å². The van der Waals surface area contributed by atoms with Crippen LogP contribution in [0.5, 0.6) is 0 Å². The van der Waals surface area contributed by atoms with E-state index in [1.807, 2.05) is 26.0 Å². The van der Waals surface area contributed by atoms with E-state index in [-0.39, 0.29) is 5.82 Å². The molecule has 1 fully saturated rings. The molecule has 0 amide bonds. The molecule has 1 aliphatic rings. The maximum atomic E-state index is 13.8. The highest BCUT2D eigenvalue weighted by Crippen LogP contribution is 2.36. The molecular weight excluding hydrogens is 255 g/mol. The summed E-state index contributed by atoms with van der Waals surface area (Å²) in [5.74, 6) is 0.754. The second-order valence-corrected chi connectivity index (χ2v) is 5.46. The summed E-state index contributed by atoms with van der Waals surface area (Å²) in [5, 5.41) is 4.04. The third-order valence-electron chi connectivity index (χ3n) is 4.12. The largest absolute Gasteiger partial charge is 0.361 e. The first-order chi connectivity index (χ1) is 9.66. The fourth-order valence-corrected chi connectivity index (χ4v) is 3.15. The molecule has 0 bridgehead atoms. The van der Waals surface area contributed by atoms with E-state index in [9.17, 15) is 4.39 Å². The number of rotatable bonds is 3. The summed E-state index contributed by atoms with van der Waals surface area (Å²) in [6, 6.07) is 7.29. The molecule has 1 saturated heterocycles. The van der Waals surface area contributed by atoms with Gasteiger partial charge >= 0.3 is 0 Å². The Morgan fingerprint density at radius 2 is 2.15 bits per heavy atom. The number of hydrogen-bond donors (Lipinski definition) is 0. The van der Waals surface area contributed by atoms with E-state index < -0.39 is 0 Å². The van der Waals surface area contributed by atoms with Crippen LogP contribution in [0.2, 0.25) is 0 Å². The van der Waals surface area contributed by atoms with Gasteiger partial charge in [-0.1, -0.05) is 23.4 Å². The van der Waals surface area contributed by atoms with E-state index in [2.05, 4.69) is 10.1 Å². The molecule has 0 radical (unpaired) electrons. The molecule has 106 valence electrons. The summed E-state index contributed by atoms with van der Waals surface area (Å²) in [7, 11) is 0. The minimum absolute atomic E-state index is 0.128. The van der Waals surface area contributed by atoms with E-state index >= 15 is 0 Å². The van der Waals surface area contributed by atoms with Crippen LogP contribution in [0.15, 0.2) is 28.8 Å². The third-order valence-corrected chi connectivity index (χ3v) is 4.12. The summed E-state index contributed by atoms with van der Waals surface area (Å²) < 4.78 is 19.1. The lowest BCUT2D eigenvalue weighted by molar-refractivity contribution is 0.242. The lowest BCUT2D eigenvalue weighted by Crippen LogP contribution is -2.24. The van der Waals surface area contributed by atoms with Crippen LogP contribution in [0, 0.1) is 19.7 Å². The lowest BCUT2D eigenvalue weighted by Gasteiger charge is -2.24. The van der Waals surface area contributed by atoms with Crippen molar-refractivity contribution in [2.45, 2.75) is 39.3 Å². The van der Waals surface area contributed by atoms with Crippen molar-refractivity contribution in [3.8, 4) is 0 Å². The van der Waals surface area contributed by atoms with Gasteiger partial charge in [0, 0.05) is 23.7 Å². The van der Waals surface area contributed by atoms with Crippen molar-refractivity contribution in [2.24, 2.45) is 0 Å². The molecule has 1 atom stereocenters. The number of likely N-dealkylation sites (tertiary alicyclic amines) is 1. The highest BCUT2D eigenvalue weighted by Gasteiger charge is 2.30. The van der Waals surface area contributed by atoms with Crippen molar-refractivity contribution in [2.75, 3.05) is 6.54 Å². The van der Waals surface area contributed by atoms with Crippen LogP contribution >= 0.6 is 0 Å². The molecule has 0 aliphatic carbocycles. The van der Waals surface area contributed by atoms with Gasteiger partial charge in [0.15, 0.2) is 0 Å². The summed E-state index contributed by atoms with van der Waals surface area (Å²) in [6.07, 6.45) is 2.21. The predicted octanol–water partition coefficient (Wildman–Crippen LogP) is 3.77. The van der Waals surface area contributed by atoms with Crippen LogP contribution in [0.4, 0.5) is 4.39 Å². The average Bonchev–Trinajstić information content (AvgIpc) is 2.99. The van der Waals surface area contributed by atoms with E-state index in [1.165, 1.54) is 11.6 Å². The zero-order chi connectivity index (χ0) is 14.1. The Kier molecular flexibility index (Phi) is 3.57. The molecule has 3 nitrogen and oxygen atoms in total. The number of nitrogens with zero attached hydrogens (tertiary/aromatic N) is 2. The predicted molar refractivity (Wildman–Crippen MR) is 74.8 cm³/mol. The monoisotopic (exact) mass is 274 g/mol. The Labute approximate surface area is 118 Å². The highest BCUT2D eigenvalue weighted by molar-refractivity contribution is 5.27. The van der Waals surface area contributed by atoms with Crippen LogP contribution in [0.25, 0.3) is 0 Å². The number of aryl methyl sites for hydroxylation is 2. The van der Waals surface area contributed by atoms with Crippen LogP contribution in [0.3, 0.4) is 0 Å². The van der Waals surface area contributed by atoms with Crippen molar-refractivity contribution in [3.05, 3.63) is 52.7 Å². The van der Waals surface area contributed by atoms with Crippen molar-refractivity contribution >= 4 is 0 Å². The van der Waals surface area contributed by atoms with Crippen molar-refractivity contribution in [1.82, 2.24) is 10.1 Å². The van der Waals surface area contributed by atoms with Gasteiger partial charge in [0.25, 0.3) is 0 Å².